The molecule has 2 nitrogen and oxygen atoms in total. The Labute approximate surface area is 381 Å². The van der Waals surface area contributed by atoms with E-state index in [2.05, 4.69) is 233 Å². The second-order valence-corrected chi connectivity index (χ2v) is 18.1. The van der Waals surface area contributed by atoms with Crippen molar-refractivity contribution in [3.05, 3.63) is 241 Å². The summed E-state index contributed by atoms with van der Waals surface area (Å²) >= 11 is 1.84. The first-order valence-electron chi connectivity index (χ1n) is 22.2. The Bertz CT molecular complexity index is 4030. The van der Waals surface area contributed by atoms with Crippen LogP contribution in [0.5, 0.6) is 0 Å². The number of nitrogens with zero attached hydrogens (tertiary/aromatic N) is 2. The Morgan fingerprint density at radius 1 is 0.508 bits per heavy atom. The van der Waals surface area contributed by atoms with Gasteiger partial charge in [0.2, 0.25) is 0 Å². The molecular formula is C62H40N2S. The van der Waals surface area contributed by atoms with Crippen LogP contribution in [0.15, 0.2) is 224 Å². The van der Waals surface area contributed by atoms with Crippen LogP contribution in [0.25, 0.3) is 97.4 Å². The van der Waals surface area contributed by atoms with E-state index in [-0.39, 0.29) is 0 Å². The maximum absolute atomic E-state index is 6.69. The molecule has 1 aliphatic rings. The molecule has 0 spiro atoms. The van der Waals surface area contributed by atoms with Crippen LogP contribution >= 0.6 is 11.3 Å². The van der Waals surface area contributed by atoms with Gasteiger partial charge in [0.15, 0.2) is 0 Å². The summed E-state index contributed by atoms with van der Waals surface area (Å²) < 4.78 is 7.42. The van der Waals surface area contributed by atoms with Gasteiger partial charge in [-0.15, -0.1) is 17.8 Å². The fourth-order valence-electron chi connectivity index (χ4n) is 11.1. The van der Waals surface area contributed by atoms with Gasteiger partial charge in [0.25, 0.3) is 0 Å². The van der Waals surface area contributed by atoms with Crippen molar-refractivity contribution in [1.82, 2.24) is 9.13 Å². The van der Waals surface area contributed by atoms with Gasteiger partial charge < -0.3 is 9.13 Å². The molecule has 65 heavy (non-hydrogen) atoms. The molecule has 0 saturated carbocycles. The molecule has 1 atom stereocenters. The third-order valence-corrected chi connectivity index (χ3v) is 15.0. The lowest BCUT2D eigenvalue weighted by molar-refractivity contribution is 0.775. The summed E-state index contributed by atoms with van der Waals surface area (Å²) in [6.07, 6.45) is 13.0. The lowest BCUT2D eigenvalue weighted by Crippen LogP contribution is -2.29. The van der Waals surface area contributed by atoms with E-state index in [0.717, 1.165) is 28.0 Å². The number of allylic oxidation sites excluding steroid dienone is 4. The summed E-state index contributed by atoms with van der Waals surface area (Å²) in [6.45, 7) is 2.05. The molecule has 0 amide bonds. The highest BCUT2D eigenvalue weighted by atomic mass is 32.1. The Kier molecular flexibility index (Phi) is 8.31. The number of fused-ring (bicyclic) bond motifs is 12. The van der Waals surface area contributed by atoms with Gasteiger partial charge in [-0.2, -0.15) is 0 Å². The molecular weight excluding hydrogens is 805 g/mol. The minimum Gasteiger partial charge on any atom is -0.309 e. The highest BCUT2D eigenvalue weighted by Crippen LogP contribution is 2.59. The molecule has 3 aromatic heterocycles. The smallest absolute Gasteiger partial charge is 0.0793 e. The molecule has 1 aliphatic carbocycles. The predicted molar refractivity (Wildman–Crippen MR) is 277 cm³/mol. The van der Waals surface area contributed by atoms with E-state index >= 15 is 0 Å². The van der Waals surface area contributed by atoms with E-state index in [4.69, 9.17) is 6.42 Å². The number of hydrogen-bond acceptors (Lipinski definition) is 1. The molecule has 0 N–H and O–H groups in total. The lowest BCUT2D eigenvalue weighted by Gasteiger charge is -2.33. The molecule has 0 bridgehead atoms. The third-order valence-electron chi connectivity index (χ3n) is 13.8. The Hall–Kier alpha value is -8.16. The van der Waals surface area contributed by atoms with Crippen LogP contribution in [0.3, 0.4) is 0 Å². The molecule has 304 valence electrons. The Balaban J connectivity index is 1.05. The largest absolute Gasteiger partial charge is 0.309 e. The molecule has 9 aromatic carbocycles. The van der Waals surface area contributed by atoms with Gasteiger partial charge in [-0.1, -0.05) is 145 Å². The van der Waals surface area contributed by atoms with E-state index < -0.39 is 5.41 Å². The Morgan fingerprint density at radius 2 is 1.11 bits per heavy atom. The van der Waals surface area contributed by atoms with E-state index in [0.29, 0.717) is 0 Å². The van der Waals surface area contributed by atoms with E-state index in [1.54, 1.807) is 0 Å². The predicted octanol–water partition coefficient (Wildman–Crippen LogP) is 16.4. The van der Waals surface area contributed by atoms with Gasteiger partial charge >= 0.3 is 0 Å². The monoisotopic (exact) mass is 844 g/mol. The molecule has 0 radical (unpaired) electrons. The van der Waals surface area contributed by atoms with Gasteiger partial charge in [-0.25, -0.2) is 0 Å². The SMILES string of the molecule is C#C/C(=C\C=C/C)C1(c2ccc3sc4ccccc4c3c2)c2ccccc2-c2c(-n3c4ccccc4c4cc(-c5ccc6c(c5)c5ccccc5n6-c5ccccc5)ccc43)cccc21. The Morgan fingerprint density at radius 3 is 1.85 bits per heavy atom. The van der Waals surface area contributed by atoms with Crippen LogP contribution in [0.1, 0.15) is 23.6 Å². The van der Waals surface area contributed by atoms with Gasteiger partial charge in [-0.3, -0.25) is 0 Å². The third kappa shape index (κ3) is 5.30. The second-order valence-electron chi connectivity index (χ2n) is 17.1. The molecule has 3 heterocycles. The number of hydrogen-bond donors (Lipinski definition) is 0. The quantitative estimate of drug-likeness (QED) is 0.117. The zero-order chi connectivity index (χ0) is 43.2. The van der Waals surface area contributed by atoms with Crippen LogP contribution in [0.4, 0.5) is 0 Å². The highest BCUT2D eigenvalue weighted by Gasteiger charge is 2.48. The van der Waals surface area contributed by atoms with Crippen molar-refractivity contribution in [2.45, 2.75) is 12.3 Å². The number of para-hydroxylation sites is 3. The van der Waals surface area contributed by atoms with Crippen LogP contribution in [-0.4, -0.2) is 9.13 Å². The van der Waals surface area contributed by atoms with Crippen LogP contribution in [0.2, 0.25) is 0 Å². The van der Waals surface area contributed by atoms with E-state index in [1.165, 1.54) is 91.7 Å². The van der Waals surface area contributed by atoms with Crippen molar-refractivity contribution in [3.63, 3.8) is 0 Å². The van der Waals surface area contributed by atoms with Crippen molar-refractivity contribution in [2.24, 2.45) is 0 Å². The molecule has 3 heteroatoms. The van der Waals surface area contributed by atoms with Crippen LogP contribution in [-0.2, 0) is 5.41 Å². The summed E-state index contributed by atoms with van der Waals surface area (Å²) in [7, 11) is 0. The standard InChI is InChI=1S/C62H40N2S/c1-3-5-18-42(4-2)62(43-33-36-60-51(39-43)47-23-12-16-30-59(47)65-60)52-25-13-9-24-48(52)61-53(62)26-17-29-58(61)64-55-28-15-11-22-46(55)50-38-41(32-35-57(50)64)40-31-34-56-49(37-40)45-21-10-14-27-54(45)63(56)44-19-7-6-8-20-44/h2-3,5-39H,1H3/b5-3-,42-18+. The van der Waals surface area contributed by atoms with E-state index in [9.17, 15) is 0 Å². The first-order valence-corrected chi connectivity index (χ1v) is 23.1. The van der Waals surface area contributed by atoms with Crippen molar-refractivity contribution < 1.29 is 0 Å². The summed E-state index contributed by atoms with van der Waals surface area (Å²) in [6, 6.07) is 73.7. The molecule has 12 aromatic rings. The number of terminal acetylenes is 1. The van der Waals surface area contributed by atoms with E-state index in [1.807, 2.05) is 18.3 Å². The number of thiophene rings is 1. The van der Waals surface area contributed by atoms with Crippen molar-refractivity contribution in [2.75, 3.05) is 0 Å². The van der Waals surface area contributed by atoms with Gasteiger partial charge in [-0.05, 0) is 119 Å². The highest BCUT2D eigenvalue weighted by molar-refractivity contribution is 7.25. The fourth-order valence-corrected chi connectivity index (χ4v) is 12.2. The molecule has 0 aliphatic heterocycles. The first kappa shape index (κ1) is 37.4. The maximum Gasteiger partial charge on any atom is 0.0793 e. The zero-order valence-corrected chi connectivity index (χ0v) is 36.5. The topological polar surface area (TPSA) is 9.86 Å². The number of benzene rings is 9. The summed E-state index contributed by atoms with van der Waals surface area (Å²) in [5.41, 5.74) is 15.5. The minimum atomic E-state index is -0.734. The average molecular weight is 845 g/mol. The van der Waals surface area contributed by atoms with Crippen LogP contribution in [0, 0.1) is 12.3 Å². The average Bonchev–Trinajstić information content (AvgIpc) is 4.10. The summed E-state index contributed by atoms with van der Waals surface area (Å²) in [5, 5.41) is 7.45. The summed E-state index contributed by atoms with van der Waals surface area (Å²) in [4.78, 5) is 0. The fraction of sp³-hybridized carbons (Fsp3) is 0.0323. The molecule has 0 saturated heterocycles. The first-order chi connectivity index (χ1) is 32.2. The maximum atomic E-state index is 6.69. The zero-order valence-electron chi connectivity index (χ0n) is 35.7. The number of aromatic nitrogens is 2. The van der Waals surface area contributed by atoms with Crippen molar-refractivity contribution in [1.29, 1.82) is 0 Å². The number of rotatable bonds is 6. The van der Waals surface area contributed by atoms with Gasteiger partial charge in [0.1, 0.15) is 0 Å². The van der Waals surface area contributed by atoms with Crippen LogP contribution < -0.4 is 0 Å². The molecule has 13 rings (SSSR count). The second kappa shape index (κ2) is 14.4. The normalized spacial score (nSPS) is 14.9. The van der Waals surface area contributed by atoms with Gasteiger partial charge in [0.05, 0.1) is 33.2 Å². The molecule has 1 unspecified atom stereocenters. The summed E-state index contributed by atoms with van der Waals surface area (Å²) in [5.74, 6) is 3.25. The van der Waals surface area contributed by atoms with Crippen molar-refractivity contribution >= 4 is 75.1 Å². The van der Waals surface area contributed by atoms with Gasteiger partial charge in [0, 0.05) is 58.5 Å². The molecule has 0 fully saturated rings. The lowest BCUT2D eigenvalue weighted by atomic mass is 9.67. The minimum absolute atomic E-state index is 0.734. The van der Waals surface area contributed by atoms with Crippen molar-refractivity contribution in [3.8, 4) is 46.0 Å².